The molecule has 1 nitrogen and oxygen atoms in total. The van der Waals surface area contributed by atoms with Crippen molar-refractivity contribution in [3.8, 4) is 0 Å². The second kappa shape index (κ2) is 10.1. The van der Waals surface area contributed by atoms with Crippen molar-refractivity contribution in [3.05, 3.63) is 0 Å². The van der Waals surface area contributed by atoms with Crippen molar-refractivity contribution < 1.29 is 4.43 Å². The van der Waals surface area contributed by atoms with Crippen LogP contribution < -0.4 is 0 Å². The topological polar surface area (TPSA) is 9.23 Å². The molecule has 0 aromatic heterocycles. The Hall–Kier alpha value is 0.177. The Labute approximate surface area is 110 Å². The minimum Gasteiger partial charge on any atom is -0.414 e. The molecule has 0 amide bonds. The molecule has 0 aliphatic carbocycles. The summed E-state index contributed by atoms with van der Waals surface area (Å²) in [5, 5.41) is 0. The summed E-state index contributed by atoms with van der Waals surface area (Å²) in [6, 6.07) is 4.17. The lowest BCUT2D eigenvalue weighted by atomic mass is 10.4. The van der Waals surface area contributed by atoms with Gasteiger partial charge in [-0.15, -0.1) is 0 Å². The average Bonchev–Trinajstić information content (AvgIpc) is 2.30. The molecule has 0 aliphatic heterocycles. The molecule has 0 spiro atoms. The molecule has 2 heteroatoms. The Morgan fingerprint density at radius 3 is 1.35 bits per heavy atom. The van der Waals surface area contributed by atoms with Crippen LogP contribution in [-0.2, 0) is 4.43 Å². The van der Waals surface area contributed by atoms with E-state index >= 15 is 0 Å². The van der Waals surface area contributed by atoms with Gasteiger partial charge in [0, 0.05) is 6.10 Å². The lowest BCUT2D eigenvalue weighted by molar-refractivity contribution is 0.221. The van der Waals surface area contributed by atoms with Crippen molar-refractivity contribution in [1.29, 1.82) is 0 Å². The van der Waals surface area contributed by atoms with E-state index in [9.17, 15) is 0 Å². The van der Waals surface area contributed by atoms with E-state index in [1.54, 1.807) is 0 Å². The normalized spacial score (nSPS) is 12.4. The molecule has 0 aromatic rings. The third-order valence-electron chi connectivity index (χ3n) is 3.44. The number of unbranched alkanes of at least 4 members (excludes halogenated alkanes) is 3. The van der Waals surface area contributed by atoms with Gasteiger partial charge in [0.25, 0.3) is 0 Å². The second-order valence-electron chi connectivity index (χ2n) is 5.66. The molecular formula is C15H34OSi. The summed E-state index contributed by atoms with van der Waals surface area (Å²) >= 11 is 0. The average molecular weight is 259 g/mol. The lowest BCUT2D eigenvalue weighted by Gasteiger charge is -2.34. The van der Waals surface area contributed by atoms with Gasteiger partial charge in [0.1, 0.15) is 0 Å². The largest absolute Gasteiger partial charge is 0.414 e. The van der Waals surface area contributed by atoms with Crippen LogP contribution in [0.4, 0.5) is 0 Å². The minimum absolute atomic E-state index is 0.423. The molecule has 0 radical (unpaired) electrons. The Balaban J connectivity index is 4.51. The zero-order chi connectivity index (χ0) is 13.1. The molecule has 0 saturated heterocycles. The Kier molecular flexibility index (Phi) is 10.2. The van der Waals surface area contributed by atoms with Crippen LogP contribution in [0.2, 0.25) is 18.1 Å². The lowest BCUT2D eigenvalue weighted by Crippen LogP contribution is -2.40. The van der Waals surface area contributed by atoms with Crippen molar-refractivity contribution in [1.82, 2.24) is 0 Å². The highest BCUT2D eigenvalue weighted by Crippen LogP contribution is 2.30. The maximum Gasteiger partial charge on any atom is 0.193 e. The molecule has 0 rings (SSSR count). The van der Waals surface area contributed by atoms with E-state index in [-0.39, 0.29) is 0 Å². The first-order valence-corrected chi connectivity index (χ1v) is 10.3. The van der Waals surface area contributed by atoms with Crippen LogP contribution in [0.1, 0.15) is 73.1 Å². The predicted octanol–water partition coefficient (Wildman–Crippen LogP) is 5.76. The van der Waals surface area contributed by atoms with Gasteiger partial charge in [0.05, 0.1) is 0 Å². The first-order valence-electron chi connectivity index (χ1n) is 7.78. The molecule has 17 heavy (non-hydrogen) atoms. The van der Waals surface area contributed by atoms with Crippen molar-refractivity contribution in [2.45, 2.75) is 97.4 Å². The van der Waals surface area contributed by atoms with Gasteiger partial charge < -0.3 is 4.43 Å². The van der Waals surface area contributed by atoms with Crippen molar-refractivity contribution in [2.75, 3.05) is 0 Å². The zero-order valence-corrected chi connectivity index (χ0v) is 13.8. The summed E-state index contributed by atoms with van der Waals surface area (Å²) in [6.07, 6.45) is 8.47. The number of rotatable bonds is 11. The second-order valence-corrected chi connectivity index (χ2v) is 9.76. The van der Waals surface area contributed by atoms with E-state index in [2.05, 4.69) is 34.6 Å². The maximum absolute atomic E-state index is 6.48. The highest BCUT2D eigenvalue weighted by Gasteiger charge is 2.33. The van der Waals surface area contributed by atoms with Gasteiger partial charge in [-0.25, -0.2) is 0 Å². The molecular weight excluding hydrogens is 224 g/mol. The van der Waals surface area contributed by atoms with E-state index in [1.165, 1.54) is 56.7 Å². The minimum atomic E-state index is -1.42. The quantitative estimate of drug-likeness (QED) is 0.428. The Bertz CT molecular complexity index is 147. The fourth-order valence-corrected chi connectivity index (χ4v) is 7.65. The summed E-state index contributed by atoms with van der Waals surface area (Å²) in [6.45, 7) is 11.3. The first kappa shape index (κ1) is 17.2. The first-order chi connectivity index (χ1) is 8.10. The van der Waals surface area contributed by atoms with Gasteiger partial charge in [-0.05, 0) is 32.0 Å². The van der Waals surface area contributed by atoms with Crippen molar-refractivity contribution in [3.63, 3.8) is 0 Å². The summed E-state index contributed by atoms with van der Waals surface area (Å²) in [5.74, 6) is 0. The van der Waals surface area contributed by atoms with Crippen LogP contribution >= 0.6 is 0 Å². The predicted molar refractivity (Wildman–Crippen MR) is 81.1 cm³/mol. The van der Waals surface area contributed by atoms with Crippen molar-refractivity contribution >= 4 is 8.32 Å². The third-order valence-corrected chi connectivity index (χ3v) is 8.21. The van der Waals surface area contributed by atoms with Crippen LogP contribution in [0.3, 0.4) is 0 Å². The zero-order valence-electron chi connectivity index (χ0n) is 12.8. The van der Waals surface area contributed by atoms with Gasteiger partial charge >= 0.3 is 0 Å². The van der Waals surface area contributed by atoms with Gasteiger partial charge in [0.15, 0.2) is 8.32 Å². The molecule has 0 atom stereocenters. The van der Waals surface area contributed by atoms with Gasteiger partial charge in [-0.3, -0.25) is 0 Å². The number of hydrogen-bond acceptors (Lipinski definition) is 1. The van der Waals surface area contributed by atoms with E-state index in [0.29, 0.717) is 6.10 Å². The van der Waals surface area contributed by atoms with E-state index in [4.69, 9.17) is 4.43 Å². The van der Waals surface area contributed by atoms with Gasteiger partial charge in [-0.1, -0.05) is 59.3 Å². The van der Waals surface area contributed by atoms with Crippen LogP contribution in [0.15, 0.2) is 0 Å². The van der Waals surface area contributed by atoms with Crippen LogP contribution in [0.25, 0.3) is 0 Å². The molecule has 0 unspecified atom stereocenters. The molecule has 0 aromatic carbocycles. The molecule has 0 heterocycles. The van der Waals surface area contributed by atoms with E-state index < -0.39 is 8.32 Å². The SMILES string of the molecule is CCCC[Si](CCCC)(CCCC)OC(C)C. The maximum atomic E-state index is 6.48. The van der Waals surface area contributed by atoms with Gasteiger partial charge in [0.2, 0.25) is 0 Å². The number of hydrogen-bond donors (Lipinski definition) is 0. The molecule has 0 N–H and O–H groups in total. The molecule has 104 valence electrons. The molecule has 0 fully saturated rings. The molecule has 0 bridgehead atoms. The summed E-state index contributed by atoms with van der Waals surface area (Å²) in [7, 11) is -1.42. The summed E-state index contributed by atoms with van der Waals surface area (Å²) in [4.78, 5) is 0. The van der Waals surface area contributed by atoms with Crippen LogP contribution in [0.5, 0.6) is 0 Å². The van der Waals surface area contributed by atoms with E-state index in [1.807, 2.05) is 0 Å². The Morgan fingerprint density at radius 2 is 1.12 bits per heavy atom. The molecule has 0 saturated carbocycles. The van der Waals surface area contributed by atoms with Crippen LogP contribution in [-0.4, -0.2) is 14.4 Å². The highest BCUT2D eigenvalue weighted by atomic mass is 28.4. The van der Waals surface area contributed by atoms with Crippen LogP contribution in [0, 0.1) is 0 Å². The fraction of sp³-hybridized carbons (Fsp3) is 1.00. The smallest absolute Gasteiger partial charge is 0.193 e. The highest BCUT2D eigenvalue weighted by molar-refractivity contribution is 6.73. The summed E-state index contributed by atoms with van der Waals surface area (Å²) < 4.78 is 6.48. The van der Waals surface area contributed by atoms with E-state index in [0.717, 1.165) is 0 Å². The summed E-state index contributed by atoms with van der Waals surface area (Å²) in [5.41, 5.74) is 0. The Morgan fingerprint density at radius 1 is 0.765 bits per heavy atom. The third kappa shape index (κ3) is 7.99. The molecule has 0 aliphatic rings. The standard InChI is InChI=1S/C15H34OSi/c1-6-9-12-17(13-10-7-2,14-11-8-3)16-15(4)5/h15H,6-14H2,1-5H3. The van der Waals surface area contributed by atoms with Crippen molar-refractivity contribution in [2.24, 2.45) is 0 Å². The monoisotopic (exact) mass is 258 g/mol. The fourth-order valence-electron chi connectivity index (χ4n) is 2.55. The van der Waals surface area contributed by atoms with Gasteiger partial charge in [-0.2, -0.15) is 0 Å².